The van der Waals surface area contributed by atoms with Crippen LogP contribution in [0.3, 0.4) is 0 Å². The first-order valence-electron chi connectivity index (χ1n) is 9.24. The van der Waals surface area contributed by atoms with E-state index < -0.39 is 4.92 Å². The smallest absolute Gasteiger partial charge is 0.311 e. The summed E-state index contributed by atoms with van der Waals surface area (Å²) < 4.78 is 5.40. The molecule has 3 aromatic carbocycles. The van der Waals surface area contributed by atoms with Crippen molar-refractivity contribution >= 4 is 28.6 Å². The molecule has 0 fully saturated rings. The summed E-state index contributed by atoms with van der Waals surface area (Å²) in [6.07, 6.45) is 2.12. The van der Waals surface area contributed by atoms with Gasteiger partial charge in [0.25, 0.3) is 5.91 Å². The fraction of sp³-hybridized carbons (Fsp3) is 0.182. The molecule has 0 aliphatic rings. The van der Waals surface area contributed by atoms with Gasteiger partial charge in [-0.2, -0.15) is 5.10 Å². The Morgan fingerprint density at radius 1 is 1.21 bits per heavy atom. The minimum absolute atomic E-state index is 0.140. The van der Waals surface area contributed by atoms with Gasteiger partial charge in [0.2, 0.25) is 0 Å². The number of amides is 1. The van der Waals surface area contributed by atoms with Crippen LogP contribution >= 0.6 is 0 Å². The summed E-state index contributed by atoms with van der Waals surface area (Å²) in [5, 5.41) is 17.1. The first-order valence-corrected chi connectivity index (χ1v) is 9.24. The zero-order valence-electron chi connectivity index (χ0n) is 16.2. The van der Waals surface area contributed by atoms with Gasteiger partial charge in [0.05, 0.1) is 23.3 Å². The molecule has 0 saturated heterocycles. The van der Waals surface area contributed by atoms with Gasteiger partial charge in [-0.15, -0.1) is 0 Å². The quantitative estimate of drug-likeness (QED) is 0.361. The molecule has 0 atom stereocenters. The van der Waals surface area contributed by atoms with Gasteiger partial charge < -0.3 is 4.74 Å². The molecule has 7 heteroatoms. The maximum absolute atomic E-state index is 12.7. The third-order valence-corrected chi connectivity index (χ3v) is 4.39. The minimum atomic E-state index is -0.500. The van der Waals surface area contributed by atoms with Gasteiger partial charge in [0, 0.05) is 11.6 Å². The molecular formula is C22H21N3O4. The van der Waals surface area contributed by atoms with Gasteiger partial charge in [-0.1, -0.05) is 43.3 Å². The topological polar surface area (TPSA) is 93.8 Å². The number of hydrogen-bond donors (Lipinski definition) is 1. The molecule has 1 amide bonds. The summed E-state index contributed by atoms with van der Waals surface area (Å²) in [6, 6.07) is 16.0. The fourth-order valence-electron chi connectivity index (χ4n) is 2.99. The van der Waals surface area contributed by atoms with Crippen LogP contribution in [0.4, 0.5) is 5.69 Å². The van der Waals surface area contributed by atoms with E-state index in [2.05, 4.69) is 10.5 Å². The highest BCUT2D eigenvalue weighted by Crippen LogP contribution is 2.27. The van der Waals surface area contributed by atoms with E-state index in [0.717, 1.165) is 22.8 Å². The van der Waals surface area contributed by atoms with Crippen molar-refractivity contribution in [2.75, 3.05) is 6.61 Å². The highest BCUT2D eigenvalue weighted by Gasteiger charge is 2.16. The molecular weight excluding hydrogens is 370 g/mol. The van der Waals surface area contributed by atoms with Gasteiger partial charge in [0.15, 0.2) is 5.75 Å². The summed E-state index contributed by atoms with van der Waals surface area (Å²) >= 11 is 0. The van der Waals surface area contributed by atoms with Crippen molar-refractivity contribution in [3.63, 3.8) is 0 Å². The van der Waals surface area contributed by atoms with Crippen molar-refractivity contribution in [1.82, 2.24) is 5.43 Å². The van der Waals surface area contributed by atoms with Gasteiger partial charge in [-0.25, -0.2) is 5.43 Å². The first-order chi connectivity index (χ1) is 14.0. The lowest BCUT2D eigenvalue weighted by molar-refractivity contribution is -0.385. The highest BCUT2D eigenvalue weighted by molar-refractivity contribution is 6.08. The van der Waals surface area contributed by atoms with E-state index in [-0.39, 0.29) is 17.3 Å². The predicted octanol–water partition coefficient (Wildman–Crippen LogP) is 4.61. The number of fused-ring (bicyclic) bond motifs is 1. The van der Waals surface area contributed by atoms with Crippen LogP contribution in [0.1, 0.15) is 34.8 Å². The Balaban J connectivity index is 1.80. The number of ether oxygens (including phenoxy) is 1. The SMILES string of the molecule is CCCOc1ccc(/C=N\NC(=O)c2c(C)ccc3ccccc23)cc1[N+](=O)[O-]. The summed E-state index contributed by atoms with van der Waals surface area (Å²) in [6.45, 7) is 4.19. The lowest BCUT2D eigenvalue weighted by Crippen LogP contribution is -2.19. The number of carbonyl (C=O) groups excluding carboxylic acids is 1. The lowest BCUT2D eigenvalue weighted by atomic mass is 9.99. The molecule has 0 saturated carbocycles. The standard InChI is InChI=1S/C22H21N3O4/c1-3-12-29-20-11-9-16(13-19(20)25(27)28)14-23-24-22(26)21-15(2)8-10-17-6-4-5-7-18(17)21/h4-11,13-14H,3,12H2,1-2H3,(H,24,26)/b23-14-. The predicted molar refractivity (Wildman–Crippen MR) is 113 cm³/mol. The molecule has 148 valence electrons. The molecule has 0 unspecified atom stereocenters. The van der Waals surface area contributed by atoms with Crippen LogP contribution in [0.15, 0.2) is 59.7 Å². The highest BCUT2D eigenvalue weighted by atomic mass is 16.6. The van der Waals surface area contributed by atoms with Crippen LogP contribution in [0.25, 0.3) is 10.8 Å². The molecule has 0 aliphatic heterocycles. The van der Waals surface area contributed by atoms with E-state index in [1.54, 1.807) is 6.07 Å². The second kappa shape index (κ2) is 8.97. The second-order valence-corrected chi connectivity index (χ2v) is 6.51. The van der Waals surface area contributed by atoms with Gasteiger partial charge >= 0.3 is 5.69 Å². The van der Waals surface area contributed by atoms with E-state index in [9.17, 15) is 14.9 Å². The van der Waals surface area contributed by atoms with Crippen molar-refractivity contribution in [2.45, 2.75) is 20.3 Å². The Hall–Kier alpha value is -3.74. The molecule has 0 aliphatic carbocycles. The fourth-order valence-corrected chi connectivity index (χ4v) is 2.99. The van der Waals surface area contributed by atoms with Crippen LogP contribution < -0.4 is 10.2 Å². The van der Waals surface area contributed by atoms with Gasteiger partial charge in [-0.05, 0) is 41.8 Å². The van der Waals surface area contributed by atoms with E-state index in [1.807, 2.05) is 50.2 Å². The number of nitro benzene ring substituents is 1. The van der Waals surface area contributed by atoms with Crippen LogP contribution in [-0.4, -0.2) is 23.7 Å². The number of rotatable bonds is 7. The number of aryl methyl sites for hydroxylation is 1. The van der Waals surface area contributed by atoms with Crippen molar-refractivity contribution in [3.05, 3.63) is 81.4 Å². The van der Waals surface area contributed by atoms with Crippen molar-refractivity contribution in [3.8, 4) is 5.75 Å². The Morgan fingerprint density at radius 3 is 2.76 bits per heavy atom. The number of nitro groups is 1. The van der Waals surface area contributed by atoms with E-state index >= 15 is 0 Å². The largest absolute Gasteiger partial charge is 0.487 e. The van der Waals surface area contributed by atoms with Crippen LogP contribution in [0.2, 0.25) is 0 Å². The molecule has 0 spiro atoms. The summed E-state index contributed by atoms with van der Waals surface area (Å²) in [5.41, 5.74) is 4.24. The molecule has 0 bridgehead atoms. The number of hydrazone groups is 1. The van der Waals surface area contributed by atoms with Crippen molar-refractivity contribution in [2.24, 2.45) is 5.10 Å². The Labute approximate surface area is 168 Å². The maximum atomic E-state index is 12.7. The van der Waals surface area contributed by atoms with Gasteiger partial charge in [0.1, 0.15) is 0 Å². The third kappa shape index (κ3) is 4.57. The zero-order chi connectivity index (χ0) is 20.8. The van der Waals surface area contributed by atoms with Crippen molar-refractivity contribution < 1.29 is 14.5 Å². The van der Waals surface area contributed by atoms with E-state index in [0.29, 0.717) is 17.7 Å². The number of benzene rings is 3. The summed E-state index contributed by atoms with van der Waals surface area (Å²) in [7, 11) is 0. The van der Waals surface area contributed by atoms with Crippen LogP contribution in [0, 0.1) is 17.0 Å². The summed E-state index contributed by atoms with van der Waals surface area (Å²) in [5.74, 6) is -0.127. The van der Waals surface area contributed by atoms with Crippen LogP contribution in [-0.2, 0) is 0 Å². The molecule has 3 rings (SSSR count). The number of carbonyl (C=O) groups is 1. The van der Waals surface area contributed by atoms with Crippen LogP contribution in [0.5, 0.6) is 5.75 Å². The molecule has 1 N–H and O–H groups in total. The molecule has 0 heterocycles. The Kier molecular flexibility index (Phi) is 6.19. The Bertz CT molecular complexity index is 1090. The van der Waals surface area contributed by atoms with E-state index in [1.165, 1.54) is 18.3 Å². The molecule has 29 heavy (non-hydrogen) atoms. The molecule has 0 radical (unpaired) electrons. The number of nitrogens with zero attached hydrogens (tertiary/aromatic N) is 2. The Morgan fingerprint density at radius 2 is 2.00 bits per heavy atom. The van der Waals surface area contributed by atoms with E-state index in [4.69, 9.17) is 4.74 Å². The average molecular weight is 391 g/mol. The summed E-state index contributed by atoms with van der Waals surface area (Å²) in [4.78, 5) is 23.4. The number of hydrogen-bond acceptors (Lipinski definition) is 5. The lowest BCUT2D eigenvalue weighted by Gasteiger charge is -2.08. The zero-order valence-corrected chi connectivity index (χ0v) is 16.2. The van der Waals surface area contributed by atoms with Gasteiger partial charge in [-0.3, -0.25) is 14.9 Å². The minimum Gasteiger partial charge on any atom is -0.487 e. The number of nitrogens with one attached hydrogen (secondary N) is 1. The second-order valence-electron chi connectivity index (χ2n) is 6.51. The van der Waals surface area contributed by atoms with Crippen molar-refractivity contribution in [1.29, 1.82) is 0 Å². The molecule has 0 aromatic heterocycles. The average Bonchev–Trinajstić information content (AvgIpc) is 2.72. The normalized spacial score (nSPS) is 11.0. The monoisotopic (exact) mass is 391 g/mol. The third-order valence-electron chi connectivity index (χ3n) is 4.39. The molecule has 7 nitrogen and oxygen atoms in total. The maximum Gasteiger partial charge on any atom is 0.311 e. The molecule has 3 aromatic rings. The first kappa shape index (κ1) is 20.0.